The summed E-state index contributed by atoms with van der Waals surface area (Å²) in [7, 11) is -4.18. The molecule has 0 aliphatic heterocycles. The lowest BCUT2D eigenvalue weighted by Crippen LogP contribution is -2.50. The fourth-order valence-corrected chi connectivity index (χ4v) is 10.2. The summed E-state index contributed by atoms with van der Waals surface area (Å²) in [5.74, 6) is 1.25. The van der Waals surface area contributed by atoms with Gasteiger partial charge in [-0.3, -0.25) is 0 Å². The minimum atomic E-state index is -2.09. The third kappa shape index (κ3) is 9.38. The molecule has 0 heterocycles. The molecule has 6 atom stereocenters. The molecule has 0 radical (unpaired) electrons. The average molecular weight is 670 g/mol. The van der Waals surface area contributed by atoms with E-state index in [0.29, 0.717) is 28.8 Å². The topological polar surface area (TPSA) is 51.5 Å². The second kappa shape index (κ2) is 14.5. The first kappa shape index (κ1) is 39.5. The van der Waals surface area contributed by atoms with Crippen molar-refractivity contribution in [3.05, 3.63) is 34.9 Å². The number of nitriles is 1. The first-order valence-corrected chi connectivity index (χ1v) is 24.2. The van der Waals surface area contributed by atoms with E-state index in [1.807, 2.05) is 0 Å². The molecule has 3 aliphatic rings. The van der Waals surface area contributed by atoms with E-state index in [-0.39, 0.29) is 22.3 Å². The highest BCUT2D eigenvalue weighted by atomic mass is 28.4. The maximum Gasteiger partial charge on any atom is 0.192 e. The highest BCUT2D eigenvalue weighted by Crippen LogP contribution is 2.59. The van der Waals surface area contributed by atoms with Crippen molar-refractivity contribution in [3.63, 3.8) is 0 Å². The Balaban J connectivity index is 1.92. The number of nitrogens with zero attached hydrogens (tertiary/aromatic N) is 1. The van der Waals surface area contributed by atoms with Gasteiger partial charge < -0.3 is 13.6 Å². The first-order valence-electron chi connectivity index (χ1n) is 18.4. The van der Waals surface area contributed by atoms with Crippen molar-refractivity contribution in [1.29, 1.82) is 5.26 Å². The van der Waals surface area contributed by atoms with E-state index in [1.165, 1.54) is 37.7 Å². The van der Waals surface area contributed by atoms with Gasteiger partial charge >= 0.3 is 0 Å². The van der Waals surface area contributed by atoms with Gasteiger partial charge in [-0.05, 0) is 123 Å². The number of rotatable bonds is 9. The van der Waals surface area contributed by atoms with E-state index in [9.17, 15) is 5.26 Å². The van der Waals surface area contributed by atoms with Gasteiger partial charge in [0.25, 0.3) is 0 Å². The molecule has 0 saturated heterocycles. The highest BCUT2D eigenvalue weighted by molar-refractivity contribution is 6.74. The lowest BCUT2D eigenvalue weighted by molar-refractivity contribution is -0.0318. The van der Waals surface area contributed by atoms with Gasteiger partial charge in [-0.1, -0.05) is 92.5 Å². The second-order valence-corrected chi connectivity index (χ2v) is 29.0. The van der Waals surface area contributed by atoms with Crippen LogP contribution in [0.2, 0.25) is 36.3 Å². The molecule has 0 aromatic carbocycles. The van der Waals surface area contributed by atoms with Crippen LogP contribution in [0.15, 0.2) is 34.9 Å². The van der Waals surface area contributed by atoms with Gasteiger partial charge in [0, 0.05) is 12.7 Å². The van der Waals surface area contributed by atoms with Crippen LogP contribution in [0, 0.1) is 34.0 Å². The third-order valence-corrected chi connectivity index (χ3v) is 21.7. The van der Waals surface area contributed by atoms with Crippen LogP contribution in [0.3, 0.4) is 0 Å². The number of hydrogen-bond acceptors (Lipinski definition) is 4. The Kier molecular flexibility index (Phi) is 12.4. The van der Waals surface area contributed by atoms with Crippen LogP contribution in [-0.4, -0.2) is 41.6 Å². The third-order valence-electron chi connectivity index (χ3n) is 12.7. The molecule has 262 valence electrons. The minimum absolute atomic E-state index is 0.0863. The summed E-state index contributed by atoms with van der Waals surface area (Å²) in [6, 6.07) is 2.37. The van der Waals surface area contributed by atoms with Crippen LogP contribution >= 0.6 is 0 Å². The number of allylic oxidation sites excluding steroid dienone is 4. The predicted molar refractivity (Wildman–Crippen MR) is 201 cm³/mol. The maximum atomic E-state index is 9.92. The quantitative estimate of drug-likeness (QED) is 0.181. The summed E-state index contributed by atoms with van der Waals surface area (Å²) in [5, 5.41) is 10.1. The molecule has 0 amide bonds. The Morgan fingerprint density at radius 3 is 1.91 bits per heavy atom. The average Bonchev–Trinajstić information content (AvgIpc) is 3.24. The lowest BCUT2D eigenvalue weighted by Gasteiger charge is -2.46. The predicted octanol–water partition coefficient (Wildman–Crippen LogP) is 11.9. The monoisotopic (exact) mass is 669 g/mol. The van der Waals surface area contributed by atoms with E-state index in [1.54, 1.807) is 11.6 Å². The molecule has 3 rings (SSSR count). The zero-order valence-electron chi connectivity index (χ0n) is 32.7. The standard InChI is InChI=1S/C40H71NO3Si2/c1-29(42-26-24-37(2,3)4)33-20-21-34-31(17-16-23-40(33,34)11)19-18-30-27-35(43-45(12,13)38(5,6)7)32(22-25-41)36(28-30)44-46(14,15)39(8,9)10/h18-19,22,29,33-36H,16-17,20-21,23-24,26-28H2,1-15H3/b30-18?,31-19+,32-22?/t29-,33?,34?,35-,36-,40?/m1/s1. The first-order chi connectivity index (χ1) is 20.9. The summed E-state index contributed by atoms with van der Waals surface area (Å²) >= 11 is 0. The zero-order valence-corrected chi connectivity index (χ0v) is 34.7. The SMILES string of the molecule is C[C@@H](OCCC(C)(C)C)C1CCC2/C(=C/C=C3C[C@@H](O[Si](C)(C)C(C)(C)C)C(=CC#N)[C@H](O[Si](C)(C)C(C)(C)C)C3)CCCC21C. The Bertz CT molecular complexity index is 1140. The molecule has 4 nitrogen and oxygen atoms in total. The highest BCUT2D eigenvalue weighted by Gasteiger charge is 2.51. The largest absolute Gasteiger partial charge is 0.410 e. The lowest BCUT2D eigenvalue weighted by atomic mass is 9.62. The van der Waals surface area contributed by atoms with Gasteiger partial charge in [-0.15, -0.1) is 0 Å². The number of fused-ring (bicyclic) bond motifs is 1. The summed E-state index contributed by atoms with van der Waals surface area (Å²) in [6.45, 7) is 35.8. The summed E-state index contributed by atoms with van der Waals surface area (Å²) in [5.41, 5.74) is 4.69. The van der Waals surface area contributed by atoms with E-state index in [2.05, 4.69) is 121 Å². The molecule has 0 N–H and O–H groups in total. The molecule has 0 aromatic heterocycles. The van der Waals surface area contributed by atoms with Gasteiger partial charge in [-0.25, -0.2) is 0 Å². The Hall–Kier alpha value is -0.976. The van der Waals surface area contributed by atoms with Gasteiger partial charge in [-0.2, -0.15) is 5.26 Å². The van der Waals surface area contributed by atoms with Crippen molar-refractivity contribution in [2.75, 3.05) is 6.61 Å². The van der Waals surface area contributed by atoms with Crippen LogP contribution < -0.4 is 0 Å². The van der Waals surface area contributed by atoms with Crippen molar-refractivity contribution < 1.29 is 13.6 Å². The van der Waals surface area contributed by atoms with Crippen LogP contribution in [-0.2, 0) is 13.6 Å². The molecule has 0 bridgehead atoms. The molecule has 3 unspecified atom stereocenters. The molecule has 0 aromatic rings. The van der Waals surface area contributed by atoms with E-state index < -0.39 is 16.6 Å². The summed E-state index contributed by atoms with van der Waals surface area (Å²) in [4.78, 5) is 0. The maximum absolute atomic E-state index is 9.92. The smallest absolute Gasteiger partial charge is 0.192 e. The number of ether oxygens (including phenoxy) is 1. The van der Waals surface area contributed by atoms with Crippen LogP contribution in [0.25, 0.3) is 0 Å². The van der Waals surface area contributed by atoms with Crippen LogP contribution in [0.5, 0.6) is 0 Å². The van der Waals surface area contributed by atoms with Gasteiger partial charge in [0.05, 0.1) is 24.4 Å². The van der Waals surface area contributed by atoms with Gasteiger partial charge in [0.1, 0.15) is 0 Å². The van der Waals surface area contributed by atoms with Crippen molar-refractivity contribution >= 4 is 16.6 Å². The molecule has 3 fully saturated rings. The minimum Gasteiger partial charge on any atom is -0.410 e. The van der Waals surface area contributed by atoms with Crippen molar-refractivity contribution in [1.82, 2.24) is 0 Å². The fourth-order valence-electron chi connectivity index (χ4n) is 7.63. The fraction of sp³-hybridized carbons (Fsp3) is 0.825. The van der Waals surface area contributed by atoms with Crippen molar-refractivity contribution in [2.24, 2.45) is 22.7 Å². The van der Waals surface area contributed by atoms with Gasteiger partial charge in [0.2, 0.25) is 0 Å². The summed E-state index contributed by atoms with van der Waals surface area (Å²) < 4.78 is 20.7. The zero-order chi connectivity index (χ0) is 34.9. The molecular formula is C40H71NO3Si2. The molecule has 3 aliphatic carbocycles. The molecular weight excluding hydrogens is 599 g/mol. The van der Waals surface area contributed by atoms with Gasteiger partial charge in [0.15, 0.2) is 16.6 Å². The molecule has 6 heteroatoms. The number of hydrogen-bond donors (Lipinski definition) is 0. The van der Waals surface area contributed by atoms with E-state index in [4.69, 9.17) is 13.6 Å². The Morgan fingerprint density at radius 2 is 1.43 bits per heavy atom. The van der Waals surface area contributed by atoms with E-state index in [0.717, 1.165) is 31.4 Å². The van der Waals surface area contributed by atoms with Crippen LogP contribution in [0.1, 0.15) is 128 Å². The Labute approximate surface area is 287 Å². The summed E-state index contributed by atoms with van der Waals surface area (Å²) in [6.07, 6.45) is 15.8. The van der Waals surface area contributed by atoms with Crippen molar-refractivity contribution in [3.8, 4) is 6.07 Å². The van der Waals surface area contributed by atoms with E-state index >= 15 is 0 Å². The normalized spacial score (nSPS) is 29.8. The Morgan fingerprint density at radius 1 is 0.891 bits per heavy atom. The van der Waals surface area contributed by atoms with Crippen molar-refractivity contribution in [2.45, 2.75) is 182 Å². The molecule has 3 saturated carbocycles. The second-order valence-electron chi connectivity index (χ2n) is 19.5. The molecule has 46 heavy (non-hydrogen) atoms. The molecule has 0 spiro atoms. The van der Waals surface area contributed by atoms with Crippen LogP contribution in [0.4, 0.5) is 0 Å².